The van der Waals surface area contributed by atoms with Gasteiger partial charge in [0, 0.05) is 92.4 Å². The number of halogens is 2. The number of carboxylic acids is 1. The lowest BCUT2D eigenvalue weighted by Gasteiger charge is -2.37. The van der Waals surface area contributed by atoms with Gasteiger partial charge in [0.2, 0.25) is 0 Å². The molecule has 9 rings (SSSR count). The molecule has 2 aromatic carbocycles. The van der Waals surface area contributed by atoms with Crippen molar-refractivity contribution in [1.29, 1.82) is 0 Å². The highest BCUT2D eigenvalue weighted by Gasteiger charge is 2.51. The maximum Gasteiger partial charge on any atom is 0.382 e. The molecular weight excluding hydrogens is 1140 g/mol. The highest BCUT2D eigenvalue weighted by molar-refractivity contribution is 7.80. The van der Waals surface area contributed by atoms with Gasteiger partial charge in [-0.1, -0.05) is 89.8 Å². The van der Waals surface area contributed by atoms with Gasteiger partial charge < -0.3 is 30.2 Å². The number of hydrogen-bond donors (Lipinski definition) is 4. The number of nitrogens with one attached hydrogen (secondary N) is 3. The topological polar surface area (TPSA) is 243 Å². The number of ketones is 2. The second kappa shape index (κ2) is 34.5. The smallest absolute Gasteiger partial charge is 0.382 e. The van der Waals surface area contributed by atoms with Crippen molar-refractivity contribution in [2.45, 2.75) is 99.3 Å². The number of rotatable bonds is 19. The first-order valence-electron chi connectivity index (χ1n) is 28.5. The van der Waals surface area contributed by atoms with Crippen molar-refractivity contribution in [3.05, 3.63) is 131 Å². The van der Waals surface area contributed by atoms with Crippen molar-refractivity contribution in [3.63, 3.8) is 0 Å². The number of H-pyrrole nitrogens is 2. The predicted molar refractivity (Wildman–Crippen MR) is 324 cm³/mol. The Kier molecular flexibility index (Phi) is 28.1. The molecule has 0 atom stereocenters. The fraction of sp³-hybridized carbons (Fsp3) is 0.443. The normalized spacial score (nSPS) is 18.9. The molecule has 18 nitrogen and oxygen atoms in total. The number of nitrogens with zero attached hydrogens (tertiary/aromatic N) is 4. The van der Waals surface area contributed by atoms with Gasteiger partial charge in [-0.15, -0.1) is 0 Å². The number of benzene rings is 2. The Morgan fingerprint density at radius 3 is 1.38 bits per heavy atom. The number of aromatic nitrogens is 4. The van der Waals surface area contributed by atoms with E-state index in [-0.39, 0.29) is 53.5 Å². The van der Waals surface area contributed by atoms with Crippen LogP contribution >= 0.6 is 22.8 Å². The van der Waals surface area contributed by atoms with Gasteiger partial charge in [0.15, 0.2) is 0 Å². The van der Waals surface area contributed by atoms with E-state index in [0.29, 0.717) is 98.9 Å². The van der Waals surface area contributed by atoms with E-state index in [4.69, 9.17) is 18.0 Å². The Morgan fingerprint density at radius 2 is 1.02 bits per heavy atom. The van der Waals surface area contributed by atoms with Crippen LogP contribution < -0.4 is 5.32 Å². The molecule has 0 bridgehead atoms. The summed E-state index contributed by atoms with van der Waals surface area (Å²) >= 11 is 0. The van der Waals surface area contributed by atoms with Crippen molar-refractivity contribution < 1.29 is 59.7 Å². The van der Waals surface area contributed by atoms with Gasteiger partial charge in [-0.2, -0.15) is 0 Å². The van der Waals surface area contributed by atoms with E-state index in [0.717, 1.165) is 35.3 Å². The Labute approximate surface area is 491 Å². The summed E-state index contributed by atoms with van der Waals surface area (Å²) < 4.78 is 79.8. The van der Waals surface area contributed by atoms with Gasteiger partial charge in [-0.05, 0) is 118 Å². The lowest BCUT2D eigenvalue weighted by atomic mass is 9.92. The number of likely N-dealkylation sites (tertiary alicyclic amines) is 1. The Morgan fingerprint density at radius 1 is 0.619 bits per heavy atom. The van der Waals surface area contributed by atoms with E-state index in [1.165, 1.54) is 32.0 Å². The van der Waals surface area contributed by atoms with Crippen LogP contribution in [0.1, 0.15) is 109 Å². The monoisotopic (exact) mass is 1220 g/mol. The van der Waals surface area contributed by atoms with E-state index in [9.17, 15) is 41.7 Å². The summed E-state index contributed by atoms with van der Waals surface area (Å²) in [5.41, 5.74) is 4.20. The van der Waals surface area contributed by atoms with Gasteiger partial charge in [-0.3, -0.25) is 28.1 Å². The van der Waals surface area contributed by atoms with E-state index < -0.39 is 28.8 Å². The molecular formula is C61H78F2N7O11P3. The largest absolute Gasteiger partial charge is 0.472 e. The van der Waals surface area contributed by atoms with Crippen LogP contribution in [-0.4, -0.2) is 123 Å². The average molecular weight is 1220 g/mol. The summed E-state index contributed by atoms with van der Waals surface area (Å²) in [6, 6.07) is 21.9. The zero-order valence-corrected chi connectivity index (χ0v) is 51.4. The van der Waals surface area contributed by atoms with E-state index >= 15 is 0 Å². The van der Waals surface area contributed by atoms with Gasteiger partial charge >= 0.3 is 28.8 Å². The highest BCUT2D eigenvalue weighted by Crippen LogP contribution is 2.82. The summed E-state index contributed by atoms with van der Waals surface area (Å²) in [4.78, 5) is 64.0. The number of carboxylic acid groups (broad SMARTS) is 1. The van der Waals surface area contributed by atoms with Crippen LogP contribution in [0.4, 0.5) is 8.78 Å². The molecule has 3 fully saturated rings. The number of aryl methyl sites for hydroxylation is 2. The zero-order valence-electron chi connectivity index (χ0n) is 48.7. The third-order valence-electron chi connectivity index (χ3n) is 13.5. The molecule has 3 saturated heterocycles. The number of carbonyl (C=O) groups is 4. The number of fused-ring (bicyclic) bond motifs is 2. The van der Waals surface area contributed by atoms with E-state index in [1.54, 1.807) is 62.3 Å². The first-order valence-corrected chi connectivity index (χ1v) is 33.7. The van der Waals surface area contributed by atoms with Crippen LogP contribution in [0.2, 0.25) is 0 Å². The molecule has 0 saturated carbocycles. The molecule has 6 aromatic rings. The molecule has 7 heterocycles. The second-order valence-electron chi connectivity index (χ2n) is 20.2. The molecule has 3 aliphatic rings. The molecule has 0 radical (unpaired) electrons. The number of aliphatic carboxylic acids is 1. The van der Waals surface area contributed by atoms with Crippen LogP contribution in [0.15, 0.2) is 97.6 Å². The van der Waals surface area contributed by atoms with Crippen molar-refractivity contribution in [2.24, 2.45) is 11.8 Å². The van der Waals surface area contributed by atoms with Crippen molar-refractivity contribution in [3.8, 4) is 23.7 Å². The fourth-order valence-electron chi connectivity index (χ4n) is 9.06. The number of aromatic amines is 2. The van der Waals surface area contributed by atoms with E-state index in [2.05, 4.69) is 68.7 Å². The summed E-state index contributed by atoms with van der Waals surface area (Å²) in [7, 11) is -10.7. The standard InChI is InChI=1S/C23H20FN3O2.C14H16FN3O.C9H21O6P3.C9H6O2.C6H15N/c24-20-13-26-23-22(20)18(10-11-25-23)7-8-19(28)12-17-14-27(15-17)21(29)9-6-16-4-2-1-3-5-16;15-12-8-18-14-13(12)10(3-4-17-14)1-2-11(19)5-9-6-16-7-9;1-4-7-16(10)13-17(11,8-5-2)15-18(12,14-16)9-6-3;10-9(11)7-6-8-4-2-1-3-5-8;1-4-7(5-2)6-3/h1-5,10-11,13,17H,7-8,12,14-15H2,(H,25,26);3-4,8-9,16H,1-2,5-7H2,(H,17,18);4-9H2,1-3H3;1-5H,(H,10,11);4-6H2,1-3H3. The molecule has 23 heteroatoms. The second-order valence-corrected chi connectivity index (χ2v) is 27.1. The molecule has 84 heavy (non-hydrogen) atoms. The lowest BCUT2D eigenvalue weighted by molar-refractivity contribution is -0.133. The van der Waals surface area contributed by atoms with Crippen molar-refractivity contribution in [2.75, 3.05) is 64.3 Å². The molecule has 1 amide bonds. The number of pyridine rings is 2. The van der Waals surface area contributed by atoms with Crippen LogP contribution in [0.3, 0.4) is 0 Å². The number of Topliss-reactive ketones (excluding diaryl/α,β-unsaturated/α-hetero) is 2. The highest BCUT2D eigenvalue weighted by atomic mass is 31.3. The first kappa shape index (κ1) is 68.4. The number of carbonyl (C=O) groups excluding carboxylic acids is 3. The minimum Gasteiger partial charge on any atom is -0.472 e. The summed E-state index contributed by atoms with van der Waals surface area (Å²) in [5, 5.41) is 12.3. The van der Waals surface area contributed by atoms with Gasteiger partial charge in [0.1, 0.15) is 34.5 Å². The predicted octanol–water partition coefficient (Wildman–Crippen LogP) is 12.2. The summed E-state index contributed by atoms with van der Waals surface area (Å²) in [6.07, 6.45) is 10.7. The minimum atomic E-state index is -3.57. The Balaban J connectivity index is 0.000000206. The fourth-order valence-corrected chi connectivity index (χ4v) is 18.4. The molecule has 0 aliphatic carbocycles. The average Bonchev–Trinajstić information content (AvgIpc) is 3.45. The maximum absolute atomic E-state index is 13.9. The zero-order chi connectivity index (χ0) is 61.1. The van der Waals surface area contributed by atoms with E-state index in [1.807, 2.05) is 54.5 Å². The van der Waals surface area contributed by atoms with Crippen LogP contribution in [0.5, 0.6) is 0 Å². The molecule has 3 aliphatic heterocycles. The SMILES string of the molecule is CCCP1(=O)OP(=O)(CCC)OP(=O)(CCC)O1.CCN(CC)CC.O=C(CCc1ccnc2[nH]cc(F)c12)CC1CN(C(=O)C#Cc2ccccc2)C1.O=C(CCc1ccnc2[nH]cc(F)c12)CC1CNC1.O=C(O)C#Cc1ccccc1. The van der Waals surface area contributed by atoms with Gasteiger partial charge in [-0.25, -0.2) is 36.5 Å². The molecule has 0 spiro atoms. The molecule has 4 N–H and O–H groups in total. The lowest BCUT2D eigenvalue weighted by Crippen LogP contribution is -2.50. The maximum atomic E-state index is 13.9. The third kappa shape index (κ3) is 22.2. The number of amides is 1. The van der Waals surface area contributed by atoms with Crippen LogP contribution in [0, 0.1) is 47.2 Å². The molecule has 452 valence electrons. The Hall–Kier alpha value is -6.43. The quantitative estimate of drug-likeness (QED) is 0.0435. The van der Waals surface area contributed by atoms with Crippen LogP contribution in [-0.2, 0) is 58.6 Å². The molecule has 4 aromatic heterocycles. The summed E-state index contributed by atoms with van der Waals surface area (Å²) in [6.45, 7) is 18.5. The minimum absolute atomic E-state index is 0.109. The molecule has 0 unspecified atom stereocenters. The van der Waals surface area contributed by atoms with Gasteiger partial charge in [0.25, 0.3) is 5.91 Å². The third-order valence-corrected chi connectivity index (χ3v) is 22.4. The Bertz CT molecular complexity index is 3300. The van der Waals surface area contributed by atoms with Crippen LogP contribution in [0.25, 0.3) is 22.1 Å². The van der Waals surface area contributed by atoms with Crippen molar-refractivity contribution in [1.82, 2.24) is 35.1 Å². The van der Waals surface area contributed by atoms with Crippen molar-refractivity contribution >= 4 is 68.3 Å². The number of hydrogen-bond acceptors (Lipinski definition) is 14. The first-order chi connectivity index (χ1) is 40.3. The van der Waals surface area contributed by atoms with Gasteiger partial charge in [0.05, 0.1) is 29.3 Å². The summed E-state index contributed by atoms with van der Waals surface area (Å²) in [5.74, 6) is 9.12.